The van der Waals surface area contributed by atoms with Crippen LogP contribution in [0.4, 0.5) is 0 Å². The summed E-state index contributed by atoms with van der Waals surface area (Å²) >= 11 is 0. The quantitative estimate of drug-likeness (QED) is 0.721. The summed E-state index contributed by atoms with van der Waals surface area (Å²) in [7, 11) is -3.32. The molecule has 0 unspecified atom stereocenters. The van der Waals surface area contributed by atoms with Crippen LogP contribution in [0.5, 0.6) is 0 Å². The summed E-state index contributed by atoms with van der Waals surface area (Å²) in [5.74, 6) is -0.0707. The zero-order valence-corrected chi connectivity index (χ0v) is 14.3. The zero-order valence-electron chi connectivity index (χ0n) is 13.4. The van der Waals surface area contributed by atoms with Crippen molar-refractivity contribution in [3.63, 3.8) is 0 Å². The topological polar surface area (TPSA) is 81.2 Å². The molecule has 2 atom stereocenters. The molecule has 2 fully saturated rings. The number of carbonyl (C=O) groups excluding carboxylic acids is 1. The lowest BCUT2D eigenvalue weighted by Gasteiger charge is -2.37. The minimum Gasteiger partial charge on any atom is -0.392 e. The van der Waals surface area contributed by atoms with Crippen molar-refractivity contribution >= 4 is 15.9 Å². The Labute approximate surface area is 132 Å². The van der Waals surface area contributed by atoms with Crippen LogP contribution in [0, 0.1) is 0 Å². The Balaban J connectivity index is 1.90. The Morgan fingerprint density at radius 1 is 1.23 bits per heavy atom. The summed E-state index contributed by atoms with van der Waals surface area (Å²) < 4.78 is 24.8. The minimum atomic E-state index is -3.32. The lowest BCUT2D eigenvalue weighted by atomic mass is 10.1. The van der Waals surface area contributed by atoms with E-state index in [2.05, 4.69) is 4.90 Å². The molecule has 2 aliphatic heterocycles. The highest BCUT2D eigenvalue weighted by molar-refractivity contribution is 7.88. The van der Waals surface area contributed by atoms with Gasteiger partial charge in [0, 0.05) is 39.3 Å². The first-order valence-electron chi connectivity index (χ1n) is 7.99. The third-order valence-corrected chi connectivity index (χ3v) is 5.83. The third kappa shape index (κ3) is 4.18. The second kappa shape index (κ2) is 7.25. The van der Waals surface area contributed by atoms with Gasteiger partial charge in [-0.15, -0.1) is 0 Å². The van der Waals surface area contributed by atoms with Gasteiger partial charge in [-0.1, -0.05) is 6.92 Å². The summed E-state index contributed by atoms with van der Waals surface area (Å²) in [4.78, 5) is 16.5. The van der Waals surface area contributed by atoms with Crippen molar-refractivity contribution in [1.29, 1.82) is 0 Å². The van der Waals surface area contributed by atoms with Crippen molar-refractivity contribution in [2.75, 3.05) is 45.5 Å². The number of nitrogens with zero attached hydrogens (tertiary/aromatic N) is 3. The molecule has 128 valence electrons. The number of β-amino-alcohol motifs (C(OH)–C–C–N with tert-alkyl or cyclic N) is 1. The average molecular weight is 333 g/mol. The molecule has 0 spiro atoms. The van der Waals surface area contributed by atoms with Gasteiger partial charge < -0.3 is 10.0 Å². The molecular weight excluding hydrogens is 306 g/mol. The molecule has 22 heavy (non-hydrogen) atoms. The van der Waals surface area contributed by atoms with E-state index in [4.69, 9.17) is 0 Å². The van der Waals surface area contributed by atoms with E-state index < -0.39 is 16.1 Å². The predicted octanol–water partition coefficient (Wildman–Crippen LogP) is -0.674. The first-order chi connectivity index (χ1) is 10.3. The van der Waals surface area contributed by atoms with Crippen LogP contribution in [0.15, 0.2) is 0 Å². The molecule has 0 aliphatic carbocycles. The Hall–Kier alpha value is -0.700. The normalized spacial score (nSPS) is 26.3. The second-order valence-electron chi connectivity index (χ2n) is 6.22. The fraction of sp³-hybridized carbons (Fsp3) is 0.929. The number of hydrogen-bond acceptors (Lipinski definition) is 5. The van der Waals surface area contributed by atoms with Crippen LogP contribution in [0.2, 0.25) is 0 Å². The van der Waals surface area contributed by atoms with Crippen LogP contribution in [0.1, 0.15) is 26.2 Å². The minimum absolute atomic E-state index is 0.0707. The van der Waals surface area contributed by atoms with E-state index in [0.29, 0.717) is 32.6 Å². The number of carbonyl (C=O) groups is 1. The SMILES string of the molecule is CC[C@@H](O)CN1CCN(C(=O)[C@H]2CCCN2S(C)(=O)=O)CC1. The molecule has 0 aromatic carbocycles. The molecular formula is C14H27N3O4S. The largest absolute Gasteiger partial charge is 0.392 e. The predicted molar refractivity (Wildman–Crippen MR) is 83.9 cm³/mol. The first-order valence-corrected chi connectivity index (χ1v) is 9.83. The van der Waals surface area contributed by atoms with E-state index in [0.717, 1.165) is 25.9 Å². The molecule has 1 N–H and O–H groups in total. The second-order valence-corrected chi connectivity index (χ2v) is 8.15. The monoisotopic (exact) mass is 333 g/mol. The number of rotatable bonds is 5. The van der Waals surface area contributed by atoms with E-state index >= 15 is 0 Å². The van der Waals surface area contributed by atoms with Gasteiger partial charge in [-0.05, 0) is 19.3 Å². The van der Waals surface area contributed by atoms with Crippen molar-refractivity contribution in [2.24, 2.45) is 0 Å². The van der Waals surface area contributed by atoms with Crippen molar-refractivity contribution in [2.45, 2.75) is 38.3 Å². The van der Waals surface area contributed by atoms with E-state index in [1.165, 1.54) is 10.6 Å². The molecule has 0 aromatic rings. The molecule has 1 amide bonds. The fourth-order valence-corrected chi connectivity index (χ4v) is 4.29. The maximum Gasteiger partial charge on any atom is 0.241 e. The van der Waals surface area contributed by atoms with Crippen LogP contribution < -0.4 is 0 Å². The maximum atomic E-state index is 12.6. The molecule has 0 bridgehead atoms. The van der Waals surface area contributed by atoms with Gasteiger partial charge in [0.05, 0.1) is 12.4 Å². The van der Waals surface area contributed by atoms with E-state index in [1.54, 1.807) is 4.90 Å². The standard InChI is InChI=1S/C14H27N3O4S/c1-3-12(18)11-15-7-9-16(10-8-15)14(19)13-5-4-6-17(13)22(2,20)21/h12-13,18H,3-11H2,1-2H3/t12-,13-/m1/s1. The van der Waals surface area contributed by atoms with Crippen molar-refractivity contribution in [1.82, 2.24) is 14.1 Å². The number of aliphatic hydroxyl groups is 1. The summed E-state index contributed by atoms with van der Waals surface area (Å²) in [6, 6.07) is -0.525. The van der Waals surface area contributed by atoms with Gasteiger partial charge in [0.2, 0.25) is 15.9 Å². The maximum absolute atomic E-state index is 12.6. The Morgan fingerprint density at radius 2 is 1.86 bits per heavy atom. The zero-order chi connectivity index (χ0) is 16.3. The number of amides is 1. The molecule has 8 heteroatoms. The van der Waals surface area contributed by atoms with Crippen LogP contribution in [0.3, 0.4) is 0 Å². The lowest BCUT2D eigenvalue weighted by Crippen LogP contribution is -2.55. The average Bonchev–Trinajstić information content (AvgIpc) is 2.96. The van der Waals surface area contributed by atoms with Crippen LogP contribution in [0.25, 0.3) is 0 Å². The highest BCUT2D eigenvalue weighted by Crippen LogP contribution is 2.22. The number of sulfonamides is 1. The number of piperazine rings is 1. The van der Waals surface area contributed by atoms with E-state index in [-0.39, 0.29) is 12.0 Å². The van der Waals surface area contributed by atoms with Gasteiger partial charge in [0.15, 0.2) is 0 Å². The first kappa shape index (κ1) is 17.7. The van der Waals surface area contributed by atoms with Gasteiger partial charge >= 0.3 is 0 Å². The van der Waals surface area contributed by atoms with Gasteiger partial charge in [-0.3, -0.25) is 9.69 Å². The molecule has 0 aromatic heterocycles. The molecule has 2 heterocycles. The van der Waals surface area contributed by atoms with Crippen molar-refractivity contribution < 1.29 is 18.3 Å². The van der Waals surface area contributed by atoms with E-state index in [9.17, 15) is 18.3 Å². The molecule has 2 aliphatic rings. The van der Waals surface area contributed by atoms with Gasteiger partial charge in [-0.25, -0.2) is 8.42 Å². The summed E-state index contributed by atoms with van der Waals surface area (Å²) in [6.45, 7) is 5.69. The smallest absolute Gasteiger partial charge is 0.241 e. The lowest BCUT2D eigenvalue weighted by molar-refractivity contribution is -0.136. The van der Waals surface area contributed by atoms with Crippen molar-refractivity contribution in [3.05, 3.63) is 0 Å². The molecule has 0 saturated carbocycles. The molecule has 2 rings (SSSR count). The highest BCUT2D eigenvalue weighted by atomic mass is 32.2. The number of aliphatic hydroxyl groups excluding tert-OH is 1. The highest BCUT2D eigenvalue weighted by Gasteiger charge is 2.39. The summed E-state index contributed by atoms with van der Waals surface area (Å²) in [5, 5.41) is 9.69. The Morgan fingerprint density at radius 3 is 2.41 bits per heavy atom. The van der Waals surface area contributed by atoms with Gasteiger partial charge in [0.25, 0.3) is 0 Å². The van der Waals surface area contributed by atoms with Gasteiger partial charge in [-0.2, -0.15) is 4.31 Å². The van der Waals surface area contributed by atoms with Crippen molar-refractivity contribution in [3.8, 4) is 0 Å². The molecule has 2 saturated heterocycles. The molecule has 0 radical (unpaired) electrons. The molecule has 7 nitrogen and oxygen atoms in total. The summed E-state index contributed by atoms with van der Waals surface area (Å²) in [5.41, 5.74) is 0. The summed E-state index contributed by atoms with van der Waals surface area (Å²) in [6.07, 6.45) is 2.93. The van der Waals surface area contributed by atoms with E-state index in [1.807, 2.05) is 6.92 Å². The third-order valence-electron chi connectivity index (χ3n) is 4.54. The van der Waals surface area contributed by atoms with Gasteiger partial charge in [0.1, 0.15) is 6.04 Å². The van der Waals surface area contributed by atoms with Crippen LogP contribution in [-0.2, 0) is 14.8 Å². The Bertz CT molecular complexity index is 488. The number of hydrogen-bond donors (Lipinski definition) is 1. The fourth-order valence-electron chi connectivity index (χ4n) is 3.17. The van der Waals surface area contributed by atoms with Crippen LogP contribution >= 0.6 is 0 Å². The van der Waals surface area contributed by atoms with Crippen LogP contribution in [-0.4, -0.2) is 91.2 Å². The Kier molecular flexibility index (Phi) is 5.81.